The van der Waals surface area contributed by atoms with Crippen LogP contribution in [-0.4, -0.2) is 5.11 Å². The van der Waals surface area contributed by atoms with Crippen LogP contribution in [0.5, 0.6) is 5.75 Å². The van der Waals surface area contributed by atoms with Gasteiger partial charge in [0.05, 0.1) is 6.10 Å². The van der Waals surface area contributed by atoms with Crippen LogP contribution in [-0.2, 0) is 5.60 Å². The number of ether oxygens (including phenoxy) is 1. The van der Waals surface area contributed by atoms with Crippen molar-refractivity contribution in [3.8, 4) is 5.75 Å². The predicted molar refractivity (Wildman–Crippen MR) is 90.9 cm³/mol. The molecular formula is C16H13Br2ClO2. The van der Waals surface area contributed by atoms with Gasteiger partial charge >= 0.3 is 0 Å². The Labute approximate surface area is 145 Å². The minimum absolute atomic E-state index is 0.461. The van der Waals surface area contributed by atoms with Gasteiger partial charge in [0.1, 0.15) is 11.4 Å². The fourth-order valence-corrected chi connectivity index (χ4v) is 3.93. The summed E-state index contributed by atoms with van der Waals surface area (Å²) >= 11 is 13.2. The van der Waals surface area contributed by atoms with Gasteiger partial charge < -0.3 is 9.84 Å². The van der Waals surface area contributed by atoms with Gasteiger partial charge in [-0.1, -0.05) is 55.6 Å². The third-order valence-electron chi connectivity index (χ3n) is 3.75. The molecule has 0 spiro atoms. The zero-order valence-electron chi connectivity index (χ0n) is 11.2. The Morgan fingerprint density at radius 3 is 2.57 bits per heavy atom. The van der Waals surface area contributed by atoms with Gasteiger partial charge in [0.2, 0.25) is 0 Å². The lowest BCUT2D eigenvalue weighted by atomic mass is 9.85. The van der Waals surface area contributed by atoms with Crippen LogP contribution in [0.2, 0.25) is 5.02 Å². The molecule has 5 heteroatoms. The molecule has 1 aliphatic heterocycles. The summed E-state index contributed by atoms with van der Waals surface area (Å²) in [7, 11) is 0. The number of hydrogen-bond acceptors (Lipinski definition) is 2. The first-order chi connectivity index (χ1) is 9.89. The van der Waals surface area contributed by atoms with E-state index in [0.717, 1.165) is 20.1 Å². The molecule has 0 radical (unpaired) electrons. The summed E-state index contributed by atoms with van der Waals surface area (Å²) in [6, 6.07) is 11.4. The molecule has 21 heavy (non-hydrogen) atoms. The van der Waals surface area contributed by atoms with Crippen LogP contribution in [0.1, 0.15) is 30.6 Å². The molecule has 0 amide bonds. The number of rotatable bonds is 1. The monoisotopic (exact) mass is 430 g/mol. The van der Waals surface area contributed by atoms with E-state index in [0.29, 0.717) is 17.2 Å². The van der Waals surface area contributed by atoms with Crippen LogP contribution in [0.4, 0.5) is 0 Å². The minimum atomic E-state index is -0.662. The average Bonchev–Trinajstić information content (AvgIpc) is 2.37. The topological polar surface area (TPSA) is 29.5 Å². The smallest absolute Gasteiger partial charge is 0.135 e. The fraction of sp³-hybridized carbons (Fsp3) is 0.250. The van der Waals surface area contributed by atoms with Gasteiger partial charge in [-0.15, -0.1) is 0 Å². The molecule has 2 aromatic rings. The van der Waals surface area contributed by atoms with Gasteiger partial charge in [0, 0.05) is 31.5 Å². The molecule has 1 aliphatic rings. The van der Waals surface area contributed by atoms with Gasteiger partial charge in [0.15, 0.2) is 0 Å². The van der Waals surface area contributed by atoms with Gasteiger partial charge in [0.25, 0.3) is 0 Å². The maximum atomic E-state index is 10.4. The van der Waals surface area contributed by atoms with Crippen LogP contribution in [0.25, 0.3) is 0 Å². The van der Waals surface area contributed by atoms with Crippen molar-refractivity contribution in [2.45, 2.75) is 25.0 Å². The molecule has 1 heterocycles. The molecule has 1 unspecified atom stereocenters. The van der Waals surface area contributed by atoms with E-state index in [1.165, 1.54) is 0 Å². The molecule has 2 aromatic carbocycles. The Morgan fingerprint density at radius 2 is 1.86 bits per heavy atom. The van der Waals surface area contributed by atoms with Gasteiger partial charge in [-0.25, -0.2) is 0 Å². The number of fused-ring (bicyclic) bond motifs is 1. The first-order valence-corrected chi connectivity index (χ1v) is 8.47. The maximum absolute atomic E-state index is 10.4. The summed E-state index contributed by atoms with van der Waals surface area (Å²) in [6.45, 7) is 1.95. The zero-order chi connectivity index (χ0) is 15.2. The van der Waals surface area contributed by atoms with Crippen molar-refractivity contribution in [3.63, 3.8) is 0 Å². The van der Waals surface area contributed by atoms with E-state index in [1.54, 1.807) is 0 Å². The van der Waals surface area contributed by atoms with E-state index >= 15 is 0 Å². The molecule has 0 saturated carbocycles. The first-order valence-electron chi connectivity index (χ1n) is 6.51. The van der Waals surface area contributed by atoms with Crippen molar-refractivity contribution >= 4 is 43.5 Å². The zero-order valence-corrected chi connectivity index (χ0v) is 15.2. The van der Waals surface area contributed by atoms with Crippen LogP contribution >= 0.6 is 43.5 Å². The third kappa shape index (κ3) is 2.87. The fourth-order valence-electron chi connectivity index (χ4n) is 2.72. The summed E-state index contributed by atoms with van der Waals surface area (Å²) in [5.41, 5.74) is 1.02. The van der Waals surface area contributed by atoms with E-state index in [4.69, 9.17) is 16.3 Å². The average molecular weight is 433 g/mol. The second-order valence-corrected chi connectivity index (χ2v) is 7.60. The number of aliphatic hydroxyl groups excluding tert-OH is 1. The molecular weight excluding hydrogens is 419 g/mol. The molecule has 0 saturated heterocycles. The highest BCUT2D eigenvalue weighted by atomic mass is 79.9. The van der Waals surface area contributed by atoms with Crippen molar-refractivity contribution in [1.82, 2.24) is 0 Å². The van der Waals surface area contributed by atoms with E-state index in [9.17, 15) is 5.11 Å². The molecule has 3 rings (SSSR count). The second kappa shape index (κ2) is 5.58. The largest absolute Gasteiger partial charge is 0.482 e. The number of benzene rings is 2. The summed E-state index contributed by atoms with van der Waals surface area (Å²) in [5.74, 6) is 0.685. The Kier molecular flexibility index (Phi) is 4.08. The quantitative estimate of drug-likeness (QED) is 0.636. The van der Waals surface area contributed by atoms with E-state index in [1.807, 2.05) is 43.3 Å². The second-order valence-electron chi connectivity index (χ2n) is 5.36. The standard InChI is InChI=1S/C16H13Br2ClO2/c1-16(12-5-3-9(17)6-13(12)19)8-14(20)11-4-2-10(18)7-15(11)21-16/h2-7,14,20H,8H2,1H3/t14-,16?/m1/s1. The Bertz CT molecular complexity index is 705. The van der Waals surface area contributed by atoms with Crippen LogP contribution < -0.4 is 4.74 Å². The van der Waals surface area contributed by atoms with Crippen LogP contribution in [0, 0.1) is 0 Å². The summed E-state index contributed by atoms with van der Waals surface area (Å²) in [5, 5.41) is 11.1. The molecule has 0 bridgehead atoms. The molecule has 1 N–H and O–H groups in total. The van der Waals surface area contributed by atoms with Crippen molar-refractivity contribution in [2.75, 3.05) is 0 Å². The van der Waals surface area contributed by atoms with Crippen LogP contribution in [0.3, 0.4) is 0 Å². The summed E-state index contributed by atoms with van der Waals surface area (Å²) in [6.07, 6.45) is -0.116. The predicted octanol–water partition coefficient (Wildman–Crippen LogP) is 5.60. The van der Waals surface area contributed by atoms with Crippen molar-refractivity contribution in [2.24, 2.45) is 0 Å². The lowest BCUT2D eigenvalue weighted by molar-refractivity contribution is -0.00484. The van der Waals surface area contributed by atoms with Gasteiger partial charge in [-0.05, 0) is 31.2 Å². The SMILES string of the molecule is CC1(c2ccc(Br)cc2Cl)C[C@@H](O)c2ccc(Br)cc2O1. The highest BCUT2D eigenvalue weighted by Crippen LogP contribution is 2.47. The van der Waals surface area contributed by atoms with E-state index < -0.39 is 11.7 Å². The highest BCUT2D eigenvalue weighted by molar-refractivity contribution is 9.10. The molecule has 0 aliphatic carbocycles. The number of aliphatic hydroxyl groups is 1. The first kappa shape index (κ1) is 15.3. The van der Waals surface area contributed by atoms with Gasteiger partial charge in [-0.3, -0.25) is 0 Å². The molecule has 110 valence electrons. The number of halogens is 3. The van der Waals surface area contributed by atoms with Crippen molar-refractivity contribution in [1.29, 1.82) is 0 Å². The number of hydrogen-bond donors (Lipinski definition) is 1. The summed E-state index contributed by atoms with van der Waals surface area (Å²) < 4.78 is 8.02. The van der Waals surface area contributed by atoms with Crippen molar-refractivity contribution < 1.29 is 9.84 Å². The van der Waals surface area contributed by atoms with Crippen molar-refractivity contribution in [3.05, 3.63) is 61.5 Å². The van der Waals surface area contributed by atoms with E-state index in [-0.39, 0.29) is 0 Å². The molecule has 0 aromatic heterocycles. The summed E-state index contributed by atoms with van der Waals surface area (Å²) in [4.78, 5) is 0. The highest BCUT2D eigenvalue weighted by Gasteiger charge is 2.39. The Balaban J connectivity index is 2.07. The van der Waals surface area contributed by atoms with E-state index in [2.05, 4.69) is 31.9 Å². The lowest BCUT2D eigenvalue weighted by Gasteiger charge is -2.39. The molecule has 0 fully saturated rings. The van der Waals surface area contributed by atoms with Gasteiger partial charge in [-0.2, -0.15) is 0 Å². The normalized spacial score (nSPS) is 24.3. The van der Waals surface area contributed by atoms with Crippen LogP contribution in [0.15, 0.2) is 45.3 Å². The Hall–Kier alpha value is -0.550. The Morgan fingerprint density at radius 1 is 1.19 bits per heavy atom. The molecule has 2 atom stereocenters. The molecule has 2 nitrogen and oxygen atoms in total. The lowest BCUT2D eigenvalue weighted by Crippen LogP contribution is -2.35. The maximum Gasteiger partial charge on any atom is 0.135 e. The minimum Gasteiger partial charge on any atom is -0.482 e. The third-order valence-corrected chi connectivity index (χ3v) is 5.05.